The molecule has 0 amide bonds. The van der Waals surface area contributed by atoms with Crippen molar-refractivity contribution in [2.45, 2.75) is 239 Å². The molecule has 0 aliphatic carbocycles. The number of hydrogen-bond acceptors (Lipinski definition) is 3. The Balaban J connectivity index is 4.02. The maximum absolute atomic E-state index is 9.33. The van der Waals surface area contributed by atoms with Gasteiger partial charge in [-0.25, -0.2) is 0 Å². The van der Waals surface area contributed by atoms with Crippen LogP contribution in [0.25, 0.3) is 0 Å². The number of aliphatic hydroxyl groups is 1. The average molecular weight is 677 g/mol. The highest BCUT2D eigenvalue weighted by Gasteiger charge is 2.05. The fourth-order valence-corrected chi connectivity index (χ4v) is 7.18. The van der Waals surface area contributed by atoms with Crippen LogP contribution in [0.2, 0.25) is 0 Å². The summed E-state index contributed by atoms with van der Waals surface area (Å²) in [4.78, 5) is 2.60. The van der Waals surface area contributed by atoms with Crippen molar-refractivity contribution in [2.75, 3.05) is 39.3 Å². The fraction of sp³-hybridized carbons (Fsp3) is 0.956. The van der Waals surface area contributed by atoms with E-state index in [-0.39, 0.29) is 0 Å². The van der Waals surface area contributed by atoms with Gasteiger partial charge in [0.2, 0.25) is 0 Å². The highest BCUT2D eigenvalue weighted by atomic mass is 16.3. The van der Waals surface area contributed by atoms with Gasteiger partial charge in [-0.15, -0.1) is 0 Å². The number of rotatable bonds is 42. The third kappa shape index (κ3) is 38.4. The van der Waals surface area contributed by atoms with Crippen LogP contribution in [-0.2, 0) is 0 Å². The van der Waals surface area contributed by atoms with Gasteiger partial charge in [0.25, 0.3) is 0 Å². The van der Waals surface area contributed by atoms with Crippen LogP contribution < -0.4 is 5.32 Å². The van der Waals surface area contributed by atoms with Gasteiger partial charge in [-0.05, 0) is 90.4 Å². The van der Waals surface area contributed by atoms with Crippen molar-refractivity contribution >= 4 is 0 Å². The van der Waals surface area contributed by atoms with Crippen molar-refractivity contribution in [1.29, 1.82) is 0 Å². The minimum Gasteiger partial charge on any atom is -0.396 e. The number of hydrogen-bond donors (Lipinski definition) is 2. The lowest BCUT2D eigenvalue weighted by molar-refractivity contribution is 0.218. The number of unbranched alkanes of at least 4 members (excludes halogenated alkanes) is 26. The van der Waals surface area contributed by atoms with Crippen molar-refractivity contribution in [1.82, 2.24) is 10.2 Å². The van der Waals surface area contributed by atoms with E-state index in [1.165, 1.54) is 232 Å². The zero-order chi connectivity index (χ0) is 34.9. The average Bonchev–Trinajstić information content (AvgIpc) is 3.10. The largest absolute Gasteiger partial charge is 0.396 e. The lowest BCUT2D eigenvalue weighted by Crippen LogP contribution is -2.30. The summed E-state index contributed by atoms with van der Waals surface area (Å²) in [5, 5.41) is 13.0. The molecule has 0 aromatic heterocycles. The number of allylic oxidation sites excluding steroid dienone is 2. The molecular formula is C45H92N2O. The molecule has 0 aromatic rings. The molecule has 0 aliphatic heterocycles. The second-order valence-electron chi connectivity index (χ2n) is 15.4. The molecular weight excluding hydrogens is 585 g/mol. The van der Waals surface area contributed by atoms with Crippen molar-refractivity contribution in [3.05, 3.63) is 11.6 Å². The molecule has 0 saturated carbocycles. The predicted molar refractivity (Wildman–Crippen MR) is 218 cm³/mol. The Bertz CT molecular complexity index is 606. The third-order valence-electron chi connectivity index (χ3n) is 10.5. The smallest absolute Gasteiger partial charge is 0.0443 e. The Labute approximate surface area is 304 Å². The lowest BCUT2D eigenvalue weighted by atomic mass is 9.97. The minimum atomic E-state index is 0.322. The molecule has 0 heterocycles. The second-order valence-corrected chi connectivity index (χ2v) is 15.4. The normalized spacial score (nSPS) is 12.1. The highest BCUT2D eigenvalue weighted by Crippen LogP contribution is 2.20. The molecule has 3 heteroatoms. The second kappa shape index (κ2) is 42.8. The van der Waals surface area contributed by atoms with Crippen molar-refractivity contribution in [2.24, 2.45) is 0 Å². The van der Waals surface area contributed by atoms with E-state index in [0.29, 0.717) is 6.61 Å². The molecule has 0 aromatic carbocycles. The number of nitrogens with zero attached hydrogens (tertiary/aromatic N) is 1. The molecule has 0 saturated heterocycles. The van der Waals surface area contributed by atoms with E-state index in [1.54, 1.807) is 5.57 Å². The SMILES string of the molecule is CCCCCCCCCCC=C(CCCCCCCCCC)CCCCCCCNCCCN(CCCO)CCCCCCCCCC. The highest BCUT2D eigenvalue weighted by molar-refractivity contribution is 5.02. The van der Waals surface area contributed by atoms with Gasteiger partial charge < -0.3 is 15.3 Å². The van der Waals surface area contributed by atoms with Crippen molar-refractivity contribution in [3.8, 4) is 0 Å². The van der Waals surface area contributed by atoms with Crippen LogP contribution in [0.1, 0.15) is 239 Å². The van der Waals surface area contributed by atoms with Gasteiger partial charge in [-0.1, -0.05) is 187 Å². The maximum atomic E-state index is 9.33. The van der Waals surface area contributed by atoms with Crippen LogP contribution in [0.3, 0.4) is 0 Å². The van der Waals surface area contributed by atoms with E-state index in [1.807, 2.05) is 0 Å². The van der Waals surface area contributed by atoms with Crippen LogP contribution in [0.15, 0.2) is 11.6 Å². The van der Waals surface area contributed by atoms with Gasteiger partial charge in [-0.2, -0.15) is 0 Å². The van der Waals surface area contributed by atoms with E-state index in [9.17, 15) is 5.11 Å². The summed E-state index contributed by atoms with van der Waals surface area (Å²) in [5.41, 5.74) is 1.79. The first-order chi connectivity index (χ1) is 23.8. The standard InChI is InChI=1S/C45H92N2O/c1-4-7-10-13-16-19-21-25-30-37-45(36-29-24-20-17-14-11-8-5-2)38-31-26-23-27-32-39-46-40-34-42-47(43-35-44-48)41-33-28-22-18-15-12-9-6-3/h37,46,48H,4-36,38-44H2,1-3H3. The minimum absolute atomic E-state index is 0.322. The molecule has 48 heavy (non-hydrogen) atoms. The first-order valence-electron chi connectivity index (χ1n) is 22.5. The monoisotopic (exact) mass is 677 g/mol. The molecule has 2 N–H and O–H groups in total. The zero-order valence-corrected chi connectivity index (χ0v) is 33.8. The van der Waals surface area contributed by atoms with E-state index < -0.39 is 0 Å². The molecule has 0 unspecified atom stereocenters. The summed E-state index contributed by atoms with van der Waals surface area (Å²) in [5.74, 6) is 0. The fourth-order valence-electron chi connectivity index (χ4n) is 7.18. The van der Waals surface area contributed by atoms with Gasteiger partial charge >= 0.3 is 0 Å². The predicted octanol–water partition coefficient (Wildman–Crippen LogP) is 14.1. The molecule has 0 spiro atoms. The van der Waals surface area contributed by atoms with E-state index >= 15 is 0 Å². The quantitative estimate of drug-likeness (QED) is 0.0499. The Morgan fingerprint density at radius 2 is 0.792 bits per heavy atom. The Hall–Kier alpha value is -0.380. The zero-order valence-electron chi connectivity index (χ0n) is 33.8. The Kier molecular flexibility index (Phi) is 42.4. The Morgan fingerprint density at radius 3 is 1.29 bits per heavy atom. The van der Waals surface area contributed by atoms with Gasteiger partial charge in [0.15, 0.2) is 0 Å². The van der Waals surface area contributed by atoms with Crippen LogP contribution in [0, 0.1) is 0 Å². The van der Waals surface area contributed by atoms with Crippen LogP contribution >= 0.6 is 0 Å². The summed E-state index contributed by atoms with van der Waals surface area (Å²) in [6.45, 7) is 13.0. The summed E-state index contributed by atoms with van der Waals surface area (Å²) >= 11 is 0. The van der Waals surface area contributed by atoms with E-state index in [2.05, 4.69) is 37.1 Å². The molecule has 0 bridgehead atoms. The summed E-state index contributed by atoms with van der Waals surface area (Å²) in [6.07, 6.45) is 49.7. The Morgan fingerprint density at radius 1 is 0.417 bits per heavy atom. The van der Waals surface area contributed by atoms with Gasteiger partial charge in [0.1, 0.15) is 0 Å². The lowest BCUT2D eigenvalue weighted by Gasteiger charge is -2.22. The maximum Gasteiger partial charge on any atom is 0.0443 e. The number of nitrogens with one attached hydrogen (secondary N) is 1. The first kappa shape index (κ1) is 47.6. The van der Waals surface area contributed by atoms with Gasteiger partial charge in [0, 0.05) is 13.2 Å². The molecule has 288 valence electrons. The van der Waals surface area contributed by atoms with Crippen molar-refractivity contribution < 1.29 is 5.11 Å². The van der Waals surface area contributed by atoms with Gasteiger partial charge in [-0.3, -0.25) is 0 Å². The summed E-state index contributed by atoms with van der Waals surface area (Å²) in [7, 11) is 0. The third-order valence-corrected chi connectivity index (χ3v) is 10.5. The summed E-state index contributed by atoms with van der Waals surface area (Å²) < 4.78 is 0. The molecule has 0 fully saturated rings. The van der Waals surface area contributed by atoms with E-state index in [0.717, 1.165) is 19.5 Å². The van der Waals surface area contributed by atoms with Crippen LogP contribution in [0.5, 0.6) is 0 Å². The molecule has 0 radical (unpaired) electrons. The topological polar surface area (TPSA) is 35.5 Å². The summed E-state index contributed by atoms with van der Waals surface area (Å²) in [6, 6.07) is 0. The molecule has 0 rings (SSSR count). The molecule has 0 atom stereocenters. The van der Waals surface area contributed by atoms with Crippen LogP contribution in [-0.4, -0.2) is 49.3 Å². The molecule has 3 nitrogen and oxygen atoms in total. The molecule has 0 aliphatic rings. The first-order valence-corrected chi connectivity index (χ1v) is 22.5. The van der Waals surface area contributed by atoms with Crippen LogP contribution in [0.4, 0.5) is 0 Å². The number of aliphatic hydroxyl groups excluding tert-OH is 1. The van der Waals surface area contributed by atoms with E-state index in [4.69, 9.17) is 0 Å². The van der Waals surface area contributed by atoms with Crippen molar-refractivity contribution in [3.63, 3.8) is 0 Å². The van der Waals surface area contributed by atoms with Gasteiger partial charge in [0.05, 0.1) is 0 Å².